The monoisotopic (exact) mass is 350 g/mol. The summed E-state index contributed by atoms with van der Waals surface area (Å²) in [6.07, 6.45) is 0. The van der Waals surface area contributed by atoms with Gasteiger partial charge in [-0.15, -0.1) is 0 Å². The van der Waals surface area contributed by atoms with E-state index in [0.29, 0.717) is 0 Å². The fraction of sp³-hybridized carbons (Fsp3) is 0. The third kappa shape index (κ3) is 5.30. The summed E-state index contributed by atoms with van der Waals surface area (Å²) in [6, 6.07) is 28.3. The zero-order valence-corrected chi connectivity index (χ0v) is 14.9. The molecular formula is C24H15OP. The van der Waals surface area contributed by atoms with Crippen LogP contribution in [-0.2, 0) is 4.57 Å². The Balaban J connectivity index is 1.99. The van der Waals surface area contributed by atoms with Crippen molar-refractivity contribution in [2.75, 3.05) is 0 Å². The lowest BCUT2D eigenvalue weighted by molar-refractivity contribution is 0.594. The van der Waals surface area contributed by atoms with Crippen LogP contribution in [0, 0.1) is 34.7 Å². The molecule has 0 saturated carbocycles. The molecule has 0 unspecified atom stereocenters. The van der Waals surface area contributed by atoms with Crippen LogP contribution in [0.1, 0.15) is 16.7 Å². The van der Waals surface area contributed by atoms with Crippen molar-refractivity contribution >= 4 is 7.14 Å². The van der Waals surface area contributed by atoms with Crippen molar-refractivity contribution in [2.45, 2.75) is 0 Å². The number of hydrogen-bond acceptors (Lipinski definition) is 1. The highest BCUT2D eigenvalue weighted by molar-refractivity contribution is 7.78. The second-order valence-corrected chi connectivity index (χ2v) is 7.31. The van der Waals surface area contributed by atoms with Crippen molar-refractivity contribution in [3.63, 3.8) is 0 Å². The first-order valence-electron chi connectivity index (χ1n) is 8.09. The second kappa shape index (κ2) is 8.60. The predicted molar refractivity (Wildman–Crippen MR) is 108 cm³/mol. The largest absolute Gasteiger partial charge is 0.292 e. The van der Waals surface area contributed by atoms with E-state index in [1.54, 1.807) is 0 Å². The Morgan fingerprint density at radius 1 is 0.462 bits per heavy atom. The average Bonchev–Trinajstić information content (AvgIpc) is 2.72. The summed E-state index contributed by atoms with van der Waals surface area (Å²) in [4.78, 5) is 0. The highest BCUT2D eigenvalue weighted by Crippen LogP contribution is 2.42. The van der Waals surface area contributed by atoms with Gasteiger partial charge >= 0.3 is 0 Å². The van der Waals surface area contributed by atoms with Gasteiger partial charge < -0.3 is 0 Å². The Kier molecular flexibility index (Phi) is 5.76. The highest BCUT2D eigenvalue weighted by Gasteiger charge is 2.11. The number of rotatable bonds is 0. The van der Waals surface area contributed by atoms with Crippen molar-refractivity contribution in [3.8, 4) is 34.7 Å². The van der Waals surface area contributed by atoms with Gasteiger partial charge in [0.05, 0.1) is 0 Å². The molecule has 0 heterocycles. The molecule has 0 radical (unpaired) electrons. The number of hydrogen-bond donors (Lipinski definition) is 0. The van der Waals surface area contributed by atoms with E-state index in [4.69, 9.17) is 0 Å². The van der Waals surface area contributed by atoms with Gasteiger partial charge in [0.1, 0.15) is 0 Å². The van der Waals surface area contributed by atoms with E-state index in [0.717, 1.165) is 16.7 Å². The second-order valence-electron chi connectivity index (χ2n) is 5.42. The molecule has 3 rings (SSSR count). The summed E-state index contributed by atoms with van der Waals surface area (Å²) >= 11 is 0. The van der Waals surface area contributed by atoms with Crippen LogP contribution in [-0.4, -0.2) is 0 Å². The summed E-state index contributed by atoms with van der Waals surface area (Å²) < 4.78 is 13.2. The van der Waals surface area contributed by atoms with Gasteiger partial charge in [-0.1, -0.05) is 72.4 Å². The molecule has 0 aliphatic rings. The van der Waals surface area contributed by atoms with Crippen LogP contribution in [0.25, 0.3) is 0 Å². The van der Waals surface area contributed by atoms with Gasteiger partial charge in [0.25, 0.3) is 7.14 Å². The minimum atomic E-state index is -3.30. The Hall–Kier alpha value is -3.43. The van der Waals surface area contributed by atoms with Gasteiger partial charge in [0.2, 0.25) is 0 Å². The third-order valence-corrected chi connectivity index (χ3v) is 4.67. The predicted octanol–water partition coefficient (Wildman–Crippen LogP) is 5.38. The van der Waals surface area contributed by atoms with Crippen molar-refractivity contribution in [3.05, 3.63) is 108 Å². The molecule has 0 atom stereocenters. The maximum Gasteiger partial charge on any atom is 0.292 e. The normalized spacial score (nSPS) is 9.54. The van der Waals surface area contributed by atoms with Gasteiger partial charge in [-0.2, -0.15) is 0 Å². The van der Waals surface area contributed by atoms with E-state index in [1.807, 2.05) is 91.0 Å². The lowest BCUT2D eigenvalue weighted by Gasteiger charge is -1.94. The smallest absolute Gasteiger partial charge is 0.282 e. The molecule has 0 spiro atoms. The molecule has 1 nitrogen and oxygen atoms in total. The van der Waals surface area contributed by atoms with Crippen LogP contribution >= 0.6 is 7.14 Å². The molecule has 3 aromatic carbocycles. The van der Waals surface area contributed by atoms with E-state index < -0.39 is 7.14 Å². The van der Waals surface area contributed by atoms with E-state index in [-0.39, 0.29) is 0 Å². The minimum absolute atomic E-state index is 0.788. The van der Waals surface area contributed by atoms with Crippen LogP contribution in [0.5, 0.6) is 0 Å². The molecule has 0 saturated heterocycles. The summed E-state index contributed by atoms with van der Waals surface area (Å²) in [7, 11) is -3.30. The summed E-state index contributed by atoms with van der Waals surface area (Å²) in [6.45, 7) is 0. The highest BCUT2D eigenvalue weighted by atomic mass is 31.2. The summed E-state index contributed by atoms with van der Waals surface area (Å²) in [5, 5.41) is 0. The van der Waals surface area contributed by atoms with Gasteiger partial charge in [-0.25, -0.2) is 0 Å². The molecule has 0 fully saturated rings. The molecule has 2 heteroatoms. The molecular weight excluding hydrogens is 335 g/mol. The third-order valence-electron chi connectivity index (χ3n) is 3.39. The van der Waals surface area contributed by atoms with Crippen LogP contribution in [0.4, 0.5) is 0 Å². The molecule has 0 amide bonds. The topological polar surface area (TPSA) is 17.1 Å². The molecule has 0 aromatic heterocycles. The first-order valence-corrected chi connectivity index (χ1v) is 9.79. The Morgan fingerprint density at radius 3 is 1.00 bits per heavy atom. The molecule has 0 aliphatic heterocycles. The fourth-order valence-electron chi connectivity index (χ4n) is 2.08. The van der Waals surface area contributed by atoms with Gasteiger partial charge in [-0.05, 0) is 53.4 Å². The van der Waals surface area contributed by atoms with E-state index in [1.165, 1.54) is 0 Å². The van der Waals surface area contributed by atoms with Gasteiger partial charge in [-0.3, -0.25) is 4.57 Å². The SMILES string of the molecule is O=P(C#Cc1ccccc1)(C#Cc1ccccc1)C#Cc1ccccc1. The Morgan fingerprint density at radius 2 is 0.731 bits per heavy atom. The molecule has 26 heavy (non-hydrogen) atoms. The van der Waals surface area contributed by atoms with Crippen molar-refractivity contribution in [2.24, 2.45) is 0 Å². The lowest BCUT2D eigenvalue weighted by Crippen LogP contribution is -1.76. The van der Waals surface area contributed by atoms with E-state index in [9.17, 15) is 4.57 Å². The maximum absolute atomic E-state index is 13.2. The lowest BCUT2D eigenvalue weighted by atomic mass is 10.2. The zero-order valence-electron chi connectivity index (χ0n) is 14.0. The molecule has 0 aliphatic carbocycles. The van der Waals surface area contributed by atoms with Crippen molar-refractivity contribution in [1.82, 2.24) is 0 Å². The standard InChI is InChI=1S/C24H15OP/c25-26(19-16-22-10-4-1-5-11-22,20-17-23-12-6-2-7-13-23)21-18-24-14-8-3-9-15-24/h1-15H. The molecule has 122 valence electrons. The Bertz CT molecular complexity index is 952. The maximum atomic E-state index is 13.2. The fourth-order valence-corrected chi connectivity index (χ4v) is 3.11. The van der Waals surface area contributed by atoms with Crippen LogP contribution in [0.3, 0.4) is 0 Å². The van der Waals surface area contributed by atoms with Crippen LogP contribution in [0.15, 0.2) is 91.0 Å². The van der Waals surface area contributed by atoms with E-state index in [2.05, 4.69) is 34.7 Å². The van der Waals surface area contributed by atoms with Crippen molar-refractivity contribution in [1.29, 1.82) is 0 Å². The van der Waals surface area contributed by atoms with Gasteiger partial charge in [0.15, 0.2) is 0 Å². The van der Waals surface area contributed by atoms with Crippen LogP contribution < -0.4 is 0 Å². The van der Waals surface area contributed by atoms with Crippen molar-refractivity contribution < 1.29 is 4.57 Å². The van der Waals surface area contributed by atoms with Gasteiger partial charge in [0, 0.05) is 16.7 Å². The quantitative estimate of drug-likeness (QED) is 0.393. The van der Waals surface area contributed by atoms with Crippen LogP contribution in [0.2, 0.25) is 0 Å². The zero-order chi connectivity index (χ0) is 18.1. The molecule has 3 aromatic rings. The molecule has 0 bridgehead atoms. The summed E-state index contributed by atoms with van der Waals surface area (Å²) in [5.41, 5.74) is 10.8. The van der Waals surface area contributed by atoms with E-state index >= 15 is 0 Å². The minimum Gasteiger partial charge on any atom is -0.282 e. The Labute approximate surface area is 154 Å². The number of benzene rings is 3. The summed E-state index contributed by atoms with van der Waals surface area (Å²) in [5.74, 6) is 8.82. The average molecular weight is 350 g/mol. The molecule has 0 N–H and O–H groups in total. The first-order chi connectivity index (χ1) is 12.7. The first kappa shape index (κ1) is 17.4.